The Morgan fingerprint density at radius 3 is 3.25 bits per heavy atom. The van der Waals surface area contributed by atoms with Crippen molar-refractivity contribution in [2.24, 2.45) is 0 Å². The number of rotatable bonds is 0. The van der Waals surface area contributed by atoms with Crippen LogP contribution >= 0.6 is 0 Å². The molecule has 0 saturated heterocycles. The van der Waals surface area contributed by atoms with E-state index in [0.717, 1.165) is 0 Å². The molecule has 0 aliphatic rings. The molecule has 2 heterocycles. The number of H-pyrrole nitrogens is 1. The third kappa shape index (κ3) is 0.703. The number of imidazole rings is 1. The van der Waals surface area contributed by atoms with E-state index in [1.807, 2.05) is 0 Å². The Hall–Kier alpha value is -2.16. The molecule has 0 unspecified atom stereocenters. The highest BCUT2D eigenvalue weighted by Crippen LogP contribution is 2.01. The molecule has 0 radical (unpaired) electrons. The molecular weight excluding hydrogens is 158 g/mol. The fraction of sp³-hybridized carbons (Fsp3) is 0. The van der Waals surface area contributed by atoms with Gasteiger partial charge in [0, 0.05) is 12.4 Å². The van der Waals surface area contributed by atoms with E-state index in [0.29, 0.717) is 5.78 Å². The van der Waals surface area contributed by atoms with Crippen LogP contribution in [0, 0.1) is 5.39 Å². The molecule has 0 atom stereocenters. The Kier molecular flexibility index (Phi) is 1.18. The van der Waals surface area contributed by atoms with Crippen LogP contribution in [-0.2, 0) is 0 Å². The zero-order valence-electron chi connectivity index (χ0n) is 5.93. The van der Waals surface area contributed by atoms with Gasteiger partial charge in [0.05, 0.1) is 0 Å². The van der Waals surface area contributed by atoms with Crippen LogP contribution in [-0.4, -0.2) is 14.4 Å². The van der Waals surface area contributed by atoms with Gasteiger partial charge >= 0.3 is 11.2 Å². The number of hydrogen-bond acceptors (Lipinski definition) is 3. The fourth-order valence-corrected chi connectivity index (χ4v) is 0.959. The van der Waals surface area contributed by atoms with E-state index in [1.165, 1.54) is 16.8 Å². The standard InChI is InChI=1S/C6H3N5O/c7-10-4-3-9-6-8-1-2-11(6)5(4)12/h1-3H/p+1. The SMILES string of the molecule is N#[N+]c1cnc2[nH]ccn2c1=O. The van der Waals surface area contributed by atoms with Crippen LogP contribution in [0.2, 0.25) is 0 Å². The van der Waals surface area contributed by atoms with Gasteiger partial charge in [-0.25, -0.2) is 9.38 Å². The molecule has 0 bridgehead atoms. The van der Waals surface area contributed by atoms with E-state index in [1.54, 1.807) is 6.20 Å². The van der Waals surface area contributed by atoms with Crippen LogP contribution in [0.4, 0.5) is 5.69 Å². The summed E-state index contributed by atoms with van der Waals surface area (Å²) in [5.74, 6) is 0.424. The number of fused-ring (bicyclic) bond motifs is 1. The normalized spacial score (nSPS) is 9.92. The summed E-state index contributed by atoms with van der Waals surface area (Å²) in [5.41, 5.74) is -0.476. The van der Waals surface area contributed by atoms with Gasteiger partial charge in [-0.3, -0.25) is 4.79 Å². The predicted molar refractivity (Wildman–Crippen MR) is 40.6 cm³/mol. The Bertz CT molecular complexity index is 516. The predicted octanol–water partition coefficient (Wildman–Crippen LogP) is 0.507. The third-order valence-corrected chi connectivity index (χ3v) is 1.52. The maximum absolute atomic E-state index is 11.3. The summed E-state index contributed by atoms with van der Waals surface area (Å²) >= 11 is 0. The Balaban J connectivity index is 3.00. The third-order valence-electron chi connectivity index (χ3n) is 1.52. The number of nitrogens with one attached hydrogen (secondary N) is 1. The van der Waals surface area contributed by atoms with Crippen molar-refractivity contribution >= 4 is 11.5 Å². The van der Waals surface area contributed by atoms with Crippen molar-refractivity contribution < 1.29 is 0 Å². The number of hydrogen-bond donors (Lipinski definition) is 1. The molecule has 1 N–H and O–H groups in total. The molecule has 2 aromatic rings. The molecule has 58 valence electrons. The number of aromatic nitrogens is 3. The molecule has 0 amide bonds. The second kappa shape index (κ2) is 2.17. The molecule has 6 nitrogen and oxygen atoms in total. The molecule has 6 heteroatoms. The van der Waals surface area contributed by atoms with Gasteiger partial charge in [0.25, 0.3) is 0 Å². The molecule has 0 saturated carbocycles. The van der Waals surface area contributed by atoms with Gasteiger partial charge in [0.15, 0.2) is 4.98 Å². The van der Waals surface area contributed by atoms with Crippen LogP contribution in [0.1, 0.15) is 0 Å². The Morgan fingerprint density at radius 1 is 1.67 bits per heavy atom. The first-order valence-electron chi connectivity index (χ1n) is 3.23. The molecule has 0 aliphatic heterocycles. The molecule has 0 aliphatic carbocycles. The lowest BCUT2D eigenvalue weighted by atomic mass is 10.5. The number of nitrogens with zero attached hydrogens (tertiary/aromatic N) is 4. The summed E-state index contributed by atoms with van der Waals surface area (Å²) in [7, 11) is 0. The average Bonchev–Trinajstić information content (AvgIpc) is 2.53. The summed E-state index contributed by atoms with van der Waals surface area (Å²) in [6, 6.07) is 0. The maximum atomic E-state index is 11.3. The zero-order valence-corrected chi connectivity index (χ0v) is 5.93. The first-order valence-corrected chi connectivity index (χ1v) is 3.23. The van der Waals surface area contributed by atoms with Gasteiger partial charge < -0.3 is 4.98 Å². The van der Waals surface area contributed by atoms with Crippen molar-refractivity contribution in [3.8, 4) is 0 Å². The van der Waals surface area contributed by atoms with E-state index < -0.39 is 5.56 Å². The lowest BCUT2D eigenvalue weighted by molar-refractivity contribution is 1.06. The van der Waals surface area contributed by atoms with E-state index >= 15 is 0 Å². The van der Waals surface area contributed by atoms with Crippen LogP contribution < -0.4 is 5.56 Å². The zero-order chi connectivity index (χ0) is 8.55. The fourth-order valence-electron chi connectivity index (χ4n) is 0.959. The molecule has 0 spiro atoms. The largest absolute Gasteiger partial charge is 0.467 e. The summed E-state index contributed by atoms with van der Waals surface area (Å²) in [5, 5.41) is 8.38. The molecule has 2 aromatic heterocycles. The quantitative estimate of drug-likeness (QED) is 0.573. The highest BCUT2D eigenvalue weighted by atomic mass is 16.1. The molecule has 0 aromatic carbocycles. The number of aromatic amines is 1. The van der Waals surface area contributed by atoms with Gasteiger partial charge in [-0.15, -0.1) is 0 Å². The summed E-state index contributed by atoms with van der Waals surface area (Å²) in [6.45, 7) is 0. The van der Waals surface area contributed by atoms with E-state index in [9.17, 15) is 4.79 Å². The van der Waals surface area contributed by atoms with Gasteiger partial charge in [-0.2, -0.15) is 0 Å². The Morgan fingerprint density at radius 2 is 2.50 bits per heavy atom. The van der Waals surface area contributed by atoms with Gasteiger partial charge in [0.1, 0.15) is 6.20 Å². The van der Waals surface area contributed by atoms with Crippen molar-refractivity contribution in [2.75, 3.05) is 0 Å². The van der Waals surface area contributed by atoms with Crippen molar-refractivity contribution in [3.63, 3.8) is 0 Å². The first kappa shape index (κ1) is 6.54. The maximum Gasteiger partial charge on any atom is 0.467 e. The highest BCUT2D eigenvalue weighted by Gasteiger charge is 2.14. The van der Waals surface area contributed by atoms with Crippen molar-refractivity contribution in [3.05, 3.63) is 33.9 Å². The highest BCUT2D eigenvalue weighted by molar-refractivity contribution is 5.43. The molecule has 12 heavy (non-hydrogen) atoms. The monoisotopic (exact) mass is 162 g/mol. The first-order chi connectivity index (χ1) is 5.83. The molecular formula is C6H4N5O+. The summed E-state index contributed by atoms with van der Waals surface area (Å²) in [4.78, 5) is 20.6. The summed E-state index contributed by atoms with van der Waals surface area (Å²) in [6.07, 6.45) is 4.29. The van der Waals surface area contributed by atoms with E-state index in [-0.39, 0.29) is 5.69 Å². The van der Waals surface area contributed by atoms with E-state index in [2.05, 4.69) is 14.9 Å². The van der Waals surface area contributed by atoms with Crippen LogP contribution in [0.25, 0.3) is 10.8 Å². The second-order valence-electron chi connectivity index (χ2n) is 2.20. The number of diazo groups is 1. The van der Waals surface area contributed by atoms with Crippen molar-refractivity contribution in [1.29, 1.82) is 5.39 Å². The lowest BCUT2D eigenvalue weighted by Crippen LogP contribution is -2.11. The minimum absolute atomic E-state index is 0.0768. The summed E-state index contributed by atoms with van der Waals surface area (Å²) < 4.78 is 1.26. The average molecular weight is 162 g/mol. The van der Waals surface area contributed by atoms with Crippen LogP contribution in [0.3, 0.4) is 0 Å². The second-order valence-corrected chi connectivity index (χ2v) is 2.20. The van der Waals surface area contributed by atoms with Gasteiger partial charge in [-0.1, -0.05) is 0 Å². The lowest BCUT2D eigenvalue weighted by Gasteiger charge is -1.84. The molecule has 2 rings (SSSR count). The van der Waals surface area contributed by atoms with Crippen molar-refractivity contribution in [1.82, 2.24) is 14.4 Å². The Labute approximate surface area is 66.1 Å². The van der Waals surface area contributed by atoms with Crippen molar-refractivity contribution in [2.45, 2.75) is 0 Å². The van der Waals surface area contributed by atoms with Gasteiger partial charge in [-0.05, 0) is 0 Å². The smallest absolute Gasteiger partial charge is 0.330 e. The van der Waals surface area contributed by atoms with Gasteiger partial charge in [0.2, 0.25) is 11.2 Å². The minimum atomic E-state index is -0.399. The molecule has 0 fully saturated rings. The van der Waals surface area contributed by atoms with Crippen LogP contribution in [0.5, 0.6) is 0 Å². The minimum Gasteiger partial charge on any atom is -0.330 e. The van der Waals surface area contributed by atoms with E-state index in [4.69, 9.17) is 5.39 Å². The van der Waals surface area contributed by atoms with Crippen LogP contribution in [0.15, 0.2) is 23.4 Å². The topological polar surface area (TPSA) is 78.3 Å².